The molecule has 90 valence electrons. The Morgan fingerprint density at radius 3 is 2.71 bits per heavy atom. The lowest BCUT2D eigenvalue weighted by molar-refractivity contribution is 0.504. The first-order valence-corrected chi connectivity index (χ1v) is 5.72. The van der Waals surface area contributed by atoms with Gasteiger partial charge in [0, 0.05) is 19.4 Å². The minimum Gasteiger partial charge on any atom is -0.312 e. The van der Waals surface area contributed by atoms with Crippen LogP contribution in [0.5, 0.6) is 0 Å². The Bertz CT molecular complexity index is 451. The number of hydrogen-bond donors (Lipinski definition) is 1. The van der Waals surface area contributed by atoms with Crippen LogP contribution in [-0.2, 0) is 13.5 Å². The molecule has 17 heavy (non-hydrogen) atoms. The summed E-state index contributed by atoms with van der Waals surface area (Å²) in [7, 11) is 3.88. The number of pyridine rings is 1. The van der Waals surface area contributed by atoms with Gasteiger partial charge in [0.2, 0.25) is 0 Å². The quantitative estimate of drug-likeness (QED) is 0.837. The van der Waals surface area contributed by atoms with E-state index in [0.717, 1.165) is 18.5 Å². The van der Waals surface area contributed by atoms with Gasteiger partial charge in [-0.1, -0.05) is 5.21 Å². The van der Waals surface area contributed by atoms with Gasteiger partial charge >= 0.3 is 0 Å². The standard InChI is InChI=1S/C12H17N5/c1-13-11(12-9-15-16-17(12)2)4-3-10-5-7-14-8-6-10/h5-9,11,13H,3-4H2,1-2H3. The molecular weight excluding hydrogens is 214 g/mol. The van der Waals surface area contributed by atoms with Gasteiger partial charge in [0.05, 0.1) is 17.9 Å². The molecule has 1 atom stereocenters. The molecule has 0 aromatic carbocycles. The summed E-state index contributed by atoms with van der Waals surface area (Å²) in [4.78, 5) is 4.02. The van der Waals surface area contributed by atoms with Crippen LogP contribution in [0, 0.1) is 0 Å². The normalized spacial score (nSPS) is 12.6. The van der Waals surface area contributed by atoms with E-state index in [-0.39, 0.29) is 6.04 Å². The van der Waals surface area contributed by atoms with E-state index in [0.29, 0.717) is 0 Å². The highest BCUT2D eigenvalue weighted by atomic mass is 15.4. The molecule has 0 aliphatic carbocycles. The van der Waals surface area contributed by atoms with Crippen LogP contribution >= 0.6 is 0 Å². The van der Waals surface area contributed by atoms with Crippen molar-refractivity contribution in [2.24, 2.45) is 7.05 Å². The fourth-order valence-corrected chi connectivity index (χ4v) is 1.91. The fraction of sp³-hybridized carbons (Fsp3) is 0.417. The molecule has 2 aromatic rings. The second-order valence-corrected chi connectivity index (χ2v) is 4.02. The molecule has 0 saturated carbocycles. The summed E-state index contributed by atoms with van der Waals surface area (Å²) in [5.41, 5.74) is 2.41. The van der Waals surface area contributed by atoms with Crippen molar-refractivity contribution >= 4 is 0 Å². The first-order chi connectivity index (χ1) is 8.31. The summed E-state index contributed by atoms with van der Waals surface area (Å²) in [6.07, 6.45) is 7.50. The molecule has 5 nitrogen and oxygen atoms in total. The molecule has 0 fully saturated rings. The average Bonchev–Trinajstić information content (AvgIpc) is 2.78. The maximum absolute atomic E-state index is 4.02. The Kier molecular flexibility index (Phi) is 3.82. The van der Waals surface area contributed by atoms with Gasteiger partial charge in [-0.05, 0) is 37.6 Å². The third kappa shape index (κ3) is 2.88. The molecule has 0 aliphatic heterocycles. The van der Waals surface area contributed by atoms with Crippen molar-refractivity contribution in [2.45, 2.75) is 18.9 Å². The minimum atomic E-state index is 0.281. The van der Waals surface area contributed by atoms with Crippen molar-refractivity contribution in [3.05, 3.63) is 42.0 Å². The largest absolute Gasteiger partial charge is 0.312 e. The summed E-state index contributed by atoms with van der Waals surface area (Å²) < 4.78 is 1.81. The minimum absolute atomic E-state index is 0.281. The van der Waals surface area contributed by atoms with Crippen LogP contribution in [0.3, 0.4) is 0 Å². The van der Waals surface area contributed by atoms with E-state index in [9.17, 15) is 0 Å². The second kappa shape index (κ2) is 5.54. The zero-order valence-electron chi connectivity index (χ0n) is 10.2. The molecule has 1 N–H and O–H groups in total. The van der Waals surface area contributed by atoms with Crippen molar-refractivity contribution in [1.82, 2.24) is 25.3 Å². The van der Waals surface area contributed by atoms with E-state index in [1.165, 1.54) is 5.56 Å². The SMILES string of the molecule is CNC(CCc1ccncc1)c1cnnn1C. The van der Waals surface area contributed by atoms with Crippen LogP contribution < -0.4 is 5.32 Å². The van der Waals surface area contributed by atoms with Gasteiger partial charge in [-0.25, -0.2) is 0 Å². The molecule has 0 radical (unpaired) electrons. The number of nitrogens with zero attached hydrogens (tertiary/aromatic N) is 4. The monoisotopic (exact) mass is 231 g/mol. The Morgan fingerprint density at radius 2 is 2.12 bits per heavy atom. The highest BCUT2D eigenvalue weighted by Gasteiger charge is 2.13. The molecule has 0 aliphatic rings. The van der Waals surface area contributed by atoms with Crippen molar-refractivity contribution in [1.29, 1.82) is 0 Å². The summed E-state index contributed by atoms with van der Waals surface area (Å²) in [5.74, 6) is 0. The molecule has 0 amide bonds. The van der Waals surface area contributed by atoms with Crippen LogP contribution in [-0.4, -0.2) is 27.0 Å². The molecule has 2 heterocycles. The van der Waals surface area contributed by atoms with Crippen molar-refractivity contribution in [3.8, 4) is 0 Å². The smallest absolute Gasteiger partial charge is 0.0753 e. The van der Waals surface area contributed by atoms with Gasteiger partial charge in [-0.2, -0.15) is 0 Å². The van der Waals surface area contributed by atoms with E-state index >= 15 is 0 Å². The van der Waals surface area contributed by atoms with Gasteiger partial charge in [0.1, 0.15) is 0 Å². The maximum atomic E-state index is 4.02. The first-order valence-electron chi connectivity index (χ1n) is 5.72. The summed E-state index contributed by atoms with van der Waals surface area (Å²) in [6.45, 7) is 0. The molecule has 1 unspecified atom stereocenters. The molecular formula is C12H17N5. The van der Waals surface area contributed by atoms with E-state index in [1.807, 2.05) is 49.5 Å². The van der Waals surface area contributed by atoms with Crippen LogP contribution in [0.1, 0.15) is 23.7 Å². The summed E-state index contributed by atoms with van der Waals surface area (Å²) in [6, 6.07) is 4.38. The van der Waals surface area contributed by atoms with Gasteiger partial charge in [-0.15, -0.1) is 5.10 Å². The highest BCUT2D eigenvalue weighted by Crippen LogP contribution is 2.16. The molecule has 2 rings (SSSR count). The van der Waals surface area contributed by atoms with E-state index in [2.05, 4.69) is 20.6 Å². The summed E-state index contributed by atoms with van der Waals surface area (Å²) in [5, 5.41) is 11.2. The highest BCUT2D eigenvalue weighted by molar-refractivity contribution is 5.11. The lowest BCUT2D eigenvalue weighted by Crippen LogP contribution is -2.20. The Balaban J connectivity index is 2.00. The first kappa shape index (κ1) is 11.7. The van der Waals surface area contributed by atoms with Crippen LogP contribution in [0.4, 0.5) is 0 Å². The van der Waals surface area contributed by atoms with Crippen molar-refractivity contribution in [3.63, 3.8) is 0 Å². The number of aromatic nitrogens is 4. The lowest BCUT2D eigenvalue weighted by Gasteiger charge is -2.15. The molecule has 0 bridgehead atoms. The number of nitrogens with one attached hydrogen (secondary N) is 1. The molecule has 0 saturated heterocycles. The number of aryl methyl sites for hydroxylation is 2. The second-order valence-electron chi connectivity index (χ2n) is 4.02. The molecule has 0 spiro atoms. The predicted molar refractivity (Wildman–Crippen MR) is 65.4 cm³/mol. The average molecular weight is 231 g/mol. The van der Waals surface area contributed by atoms with Gasteiger partial charge in [0.15, 0.2) is 0 Å². The molecule has 5 heteroatoms. The zero-order valence-corrected chi connectivity index (χ0v) is 10.2. The maximum Gasteiger partial charge on any atom is 0.0753 e. The van der Waals surface area contributed by atoms with Gasteiger partial charge in [0.25, 0.3) is 0 Å². The number of hydrogen-bond acceptors (Lipinski definition) is 4. The van der Waals surface area contributed by atoms with E-state index in [1.54, 1.807) is 0 Å². The Hall–Kier alpha value is -1.75. The number of rotatable bonds is 5. The Morgan fingerprint density at radius 1 is 1.35 bits per heavy atom. The van der Waals surface area contributed by atoms with Crippen LogP contribution in [0.2, 0.25) is 0 Å². The van der Waals surface area contributed by atoms with E-state index < -0.39 is 0 Å². The topological polar surface area (TPSA) is 55.6 Å². The van der Waals surface area contributed by atoms with Crippen LogP contribution in [0.25, 0.3) is 0 Å². The zero-order chi connectivity index (χ0) is 12.1. The Labute approximate surface area is 101 Å². The fourth-order valence-electron chi connectivity index (χ4n) is 1.91. The van der Waals surface area contributed by atoms with Crippen molar-refractivity contribution < 1.29 is 0 Å². The third-order valence-corrected chi connectivity index (χ3v) is 2.93. The third-order valence-electron chi connectivity index (χ3n) is 2.93. The van der Waals surface area contributed by atoms with Gasteiger partial charge in [-0.3, -0.25) is 9.67 Å². The molecule has 2 aromatic heterocycles. The van der Waals surface area contributed by atoms with Gasteiger partial charge < -0.3 is 5.32 Å². The van der Waals surface area contributed by atoms with Crippen LogP contribution in [0.15, 0.2) is 30.7 Å². The van der Waals surface area contributed by atoms with Crippen molar-refractivity contribution in [2.75, 3.05) is 7.05 Å². The summed E-state index contributed by atoms with van der Waals surface area (Å²) >= 11 is 0. The van der Waals surface area contributed by atoms with E-state index in [4.69, 9.17) is 0 Å². The lowest BCUT2D eigenvalue weighted by atomic mass is 10.0. The predicted octanol–water partition coefficient (Wildman–Crippen LogP) is 1.10.